The minimum absolute atomic E-state index is 0.0842. The SMILES string of the molecule is CCOC(=O)/C=C/c1cc(C(=O)c2ccc(OC)cc2)cn1C. The minimum atomic E-state index is -0.406. The van der Waals surface area contributed by atoms with Crippen molar-refractivity contribution in [2.24, 2.45) is 7.05 Å². The Morgan fingerprint density at radius 1 is 1.17 bits per heavy atom. The third kappa shape index (κ3) is 4.10. The molecule has 5 nitrogen and oxygen atoms in total. The van der Waals surface area contributed by atoms with Crippen molar-refractivity contribution in [2.75, 3.05) is 13.7 Å². The number of carbonyl (C=O) groups excluding carboxylic acids is 2. The molecule has 2 rings (SSSR count). The number of aryl methyl sites for hydroxylation is 1. The largest absolute Gasteiger partial charge is 0.497 e. The van der Waals surface area contributed by atoms with Crippen LogP contribution in [0.4, 0.5) is 0 Å². The van der Waals surface area contributed by atoms with E-state index in [9.17, 15) is 9.59 Å². The molecule has 0 aliphatic heterocycles. The van der Waals surface area contributed by atoms with Gasteiger partial charge in [-0.15, -0.1) is 0 Å². The molecular weight excluding hydrogens is 294 g/mol. The Labute approximate surface area is 135 Å². The topological polar surface area (TPSA) is 57.5 Å². The number of hydrogen-bond acceptors (Lipinski definition) is 4. The van der Waals surface area contributed by atoms with Gasteiger partial charge in [-0.3, -0.25) is 4.79 Å². The number of ketones is 1. The molecule has 0 N–H and O–H groups in total. The second-order valence-corrected chi connectivity index (χ2v) is 4.91. The molecule has 0 spiro atoms. The molecule has 0 fully saturated rings. The number of benzene rings is 1. The van der Waals surface area contributed by atoms with Gasteiger partial charge >= 0.3 is 5.97 Å². The van der Waals surface area contributed by atoms with Crippen LogP contribution in [0.1, 0.15) is 28.5 Å². The fraction of sp³-hybridized carbons (Fsp3) is 0.222. The summed E-state index contributed by atoms with van der Waals surface area (Å²) in [6.07, 6.45) is 4.71. The van der Waals surface area contributed by atoms with Crippen LogP contribution in [0.2, 0.25) is 0 Å². The Hall–Kier alpha value is -2.82. The molecule has 0 saturated carbocycles. The molecule has 0 aliphatic rings. The van der Waals surface area contributed by atoms with Crippen LogP contribution in [0.15, 0.2) is 42.6 Å². The second-order valence-electron chi connectivity index (χ2n) is 4.91. The first-order valence-electron chi connectivity index (χ1n) is 7.25. The molecule has 0 amide bonds. The Bertz CT molecular complexity index is 726. The normalized spacial score (nSPS) is 10.7. The van der Waals surface area contributed by atoms with E-state index in [0.717, 1.165) is 5.69 Å². The van der Waals surface area contributed by atoms with Crippen molar-refractivity contribution in [1.82, 2.24) is 4.57 Å². The van der Waals surface area contributed by atoms with Crippen LogP contribution in [0, 0.1) is 0 Å². The molecule has 120 valence electrons. The van der Waals surface area contributed by atoms with Crippen LogP contribution in [0.5, 0.6) is 5.75 Å². The summed E-state index contributed by atoms with van der Waals surface area (Å²) in [5, 5.41) is 0. The maximum Gasteiger partial charge on any atom is 0.330 e. The van der Waals surface area contributed by atoms with Crippen molar-refractivity contribution in [3.63, 3.8) is 0 Å². The highest BCUT2D eigenvalue weighted by Gasteiger charge is 2.12. The molecule has 1 aromatic heterocycles. The molecule has 1 aromatic carbocycles. The zero-order valence-electron chi connectivity index (χ0n) is 13.4. The van der Waals surface area contributed by atoms with Gasteiger partial charge in [0.25, 0.3) is 0 Å². The van der Waals surface area contributed by atoms with Crippen molar-refractivity contribution < 1.29 is 19.1 Å². The Balaban J connectivity index is 2.18. The molecule has 0 bridgehead atoms. The highest BCUT2D eigenvalue weighted by molar-refractivity contribution is 6.09. The zero-order valence-corrected chi connectivity index (χ0v) is 13.4. The van der Waals surface area contributed by atoms with Gasteiger partial charge in [-0.2, -0.15) is 0 Å². The van der Waals surface area contributed by atoms with E-state index in [1.165, 1.54) is 6.08 Å². The molecule has 0 atom stereocenters. The lowest BCUT2D eigenvalue weighted by molar-refractivity contribution is -0.137. The smallest absolute Gasteiger partial charge is 0.330 e. The summed E-state index contributed by atoms with van der Waals surface area (Å²) in [5.74, 6) is 0.212. The Morgan fingerprint density at radius 2 is 1.87 bits per heavy atom. The molecule has 0 aliphatic carbocycles. The molecule has 2 aromatic rings. The van der Waals surface area contributed by atoms with Gasteiger partial charge in [0.2, 0.25) is 0 Å². The van der Waals surface area contributed by atoms with E-state index in [-0.39, 0.29) is 5.78 Å². The molecule has 5 heteroatoms. The van der Waals surface area contributed by atoms with Crippen molar-refractivity contribution in [3.8, 4) is 5.75 Å². The summed E-state index contributed by atoms with van der Waals surface area (Å²) in [6, 6.07) is 8.68. The van der Waals surface area contributed by atoms with E-state index in [2.05, 4.69) is 0 Å². The van der Waals surface area contributed by atoms with Gasteiger partial charge in [0, 0.05) is 36.1 Å². The maximum absolute atomic E-state index is 12.5. The molecular formula is C18H19NO4. The van der Waals surface area contributed by atoms with Crippen LogP contribution in [0.25, 0.3) is 6.08 Å². The van der Waals surface area contributed by atoms with Gasteiger partial charge in [-0.25, -0.2) is 4.79 Å². The first-order chi connectivity index (χ1) is 11.0. The quantitative estimate of drug-likeness (QED) is 0.467. The van der Waals surface area contributed by atoms with E-state index in [1.807, 2.05) is 7.05 Å². The number of esters is 1. The Kier molecular flexibility index (Phi) is 5.36. The highest BCUT2D eigenvalue weighted by atomic mass is 16.5. The van der Waals surface area contributed by atoms with Gasteiger partial charge < -0.3 is 14.0 Å². The number of aromatic nitrogens is 1. The summed E-state index contributed by atoms with van der Waals surface area (Å²) >= 11 is 0. The van der Waals surface area contributed by atoms with E-state index >= 15 is 0 Å². The number of methoxy groups -OCH3 is 1. The summed E-state index contributed by atoms with van der Waals surface area (Å²) < 4.78 is 11.7. The summed E-state index contributed by atoms with van der Waals surface area (Å²) in [5.41, 5.74) is 1.88. The van der Waals surface area contributed by atoms with Gasteiger partial charge in [0.05, 0.1) is 13.7 Å². The molecule has 0 radical (unpaired) electrons. The monoisotopic (exact) mass is 313 g/mol. The summed E-state index contributed by atoms with van der Waals surface area (Å²) in [4.78, 5) is 23.8. The standard InChI is InChI=1S/C18H19NO4/c1-4-23-17(20)10-7-15-11-14(12-19(15)2)18(21)13-5-8-16(22-3)9-6-13/h5-12H,4H2,1-3H3/b10-7+. The van der Waals surface area contributed by atoms with Crippen LogP contribution in [-0.4, -0.2) is 30.0 Å². The van der Waals surface area contributed by atoms with Crippen molar-refractivity contribution >= 4 is 17.8 Å². The molecule has 1 heterocycles. The van der Waals surface area contributed by atoms with Gasteiger partial charge in [0.15, 0.2) is 5.78 Å². The lowest BCUT2D eigenvalue weighted by Gasteiger charge is -2.01. The van der Waals surface area contributed by atoms with Crippen LogP contribution < -0.4 is 4.74 Å². The predicted molar refractivity (Wildman–Crippen MR) is 87.5 cm³/mol. The number of hydrogen-bond donors (Lipinski definition) is 0. The number of nitrogens with zero attached hydrogens (tertiary/aromatic N) is 1. The van der Waals surface area contributed by atoms with Crippen molar-refractivity contribution in [1.29, 1.82) is 0 Å². The maximum atomic E-state index is 12.5. The van der Waals surface area contributed by atoms with Crippen molar-refractivity contribution in [3.05, 3.63) is 59.4 Å². The summed E-state index contributed by atoms with van der Waals surface area (Å²) in [7, 11) is 3.39. The van der Waals surface area contributed by atoms with Gasteiger partial charge in [-0.1, -0.05) is 0 Å². The average molecular weight is 313 g/mol. The third-order valence-corrected chi connectivity index (χ3v) is 3.33. The number of carbonyl (C=O) groups is 2. The number of ether oxygens (including phenoxy) is 2. The van der Waals surface area contributed by atoms with E-state index < -0.39 is 5.97 Å². The van der Waals surface area contributed by atoms with E-state index in [4.69, 9.17) is 9.47 Å². The molecule has 23 heavy (non-hydrogen) atoms. The Morgan fingerprint density at radius 3 is 2.48 bits per heavy atom. The minimum Gasteiger partial charge on any atom is -0.497 e. The number of rotatable bonds is 6. The highest BCUT2D eigenvalue weighted by Crippen LogP contribution is 2.17. The molecule has 0 unspecified atom stereocenters. The summed E-state index contributed by atoms with van der Waals surface area (Å²) in [6.45, 7) is 2.08. The lowest BCUT2D eigenvalue weighted by atomic mass is 10.1. The second kappa shape index (κ2) is 7.45. The van der Waals surface area contributed by atoms with E-state index in [0.29, 0.717) is 23.5 Å². The van der Waals surface area contributed by atoms with E-state index in [1.54, 1.807) is 61.2 Å². The first kappa shape index (κ1) is 16.5. The third-order valence-electron chi connectivity index (χ3n) is 3.33. The van der Waals surface area contributed by atoms with Gasteiger partial charge in [-0.05, 0) is 43.3 Å². The zero-order chi connectivity index (χ0) is 16.8. The fourth-order valence-electron chi connectivity index (χ4n) is 2.12. The molecule has 0 saturated heterocycles. The van der Waals surface area contributed by atoms with Crippen LogP contribution >= 0.6 is 0 Å². The van der Waals surface area contributed by atoms with Crippen molar-refractivity contribution in [2.45, 2.75) is 6.92 Å². The fourth-order valence-corrected chi connectivity index (χ4v) is 2.12. The lowest BCUT2D eigenvalue weighted by Crippen LogP contribution is -1.99. The van der Waals surface area contributed by atoms with Gasteiger partial charge in [0.1, 0.15) is 5.75 Å². The van der Waals surface area contributed by atoms with Crippen LogP contribution in [-0.2, 0) is 16.6 Å². The van der Waals surface area contributed by atoms with Crippen LogP contribution in [0.3, 0.4) is 0 Å². The first-order valence-corrected chi connectivity index (χ1v) is 7.25. The average Bonchev–Trinajstić information content (AvgIpc) is 2.93. The predicted octanol–water partition coefficient (Wildman–Crippen LogP) is 2.84.